The van der Waals surface area contributed by atoms with Crippen LogP contribution >= 0.6 is 0 Å². The predicted molar refractivity (Wildman–Crippen MR) is 72.0 cm³/mol. The SMILES string of the molecule is Cc1cccc(=O)n1Cc1cccc([N+](=O)[O-])c1N. The van der Waals surface area contributed by atoms with Crippen molar-refractivity contribution in [3.63, 3.8) is 0 Å². The van der Waals surface area contributed by atoms with Gasteiger partial charge in [0.2, 0.25) is 0 Å². The first-order chi connectivity index (χ1) is 9.00. The molecule has 0 saturated heterocycles. The van der Waals surface area contributed by atoms with E-state index >= 15 is 0 Å². The molecule has 6 heteroatoms. The fraction of sp³-hybridized carbons (Fsp3) is 0.154. The summed E-state index contributed by atoms with van der Waals surface area (Å²) in [5, 5.41) is 10.8. The van der Waals surface area contributed by atoms with Gasteiger partial charge in [0.25, 0.3) is 11.2 Å². The van der Waals surface area contributed by atoms with Crippen LogP contribution in [0.25, 0.3) is 0 Å². The maximum Gasteiger partial charge on any atom is 0.292 e. The lowest BCUT2D eigenvalue weighted by atomic mass is 10.1. The highest BCUT2D eigenvalue weighted by molar-refractivity contribution is 5.63. The third kappa shape index (κ3) is 2.47. The average Bonchev–Trinajstić information content (AvgIpc) is 2.35. The fourth-order valence-corrected chi connectivity index (χ4v) is 1.89. The summed E-state index contributed by atoms with van der Waals surface area (Å²) in [6.07, 6.45) is 0. The summed E-state index contributed by atoms with van der Waals surface area (Å²) in [5.74, 6) is 0. The third-order valence-corrected chi connectivity index (χ3v) is 2.97. The Morgan fingerprint density at radius 1 is 1.26 bits per heavy atom. The van der Waals surface area contributed by atoms with Gasteiger partial charge in [-0.05, 0) is 13.0 Å². The first kappa shape index (κ1) is 12.8. The van der Waals surface area contributed by atoms with E-state index in [4.69, 9.17) is 5.73 Å². The Kier molecular flexibility index (Phi) is 3.33. The van der Waals surface area contributed by atoms with E-state index < -0.39 is 4.92 Å². The Balaban J connectivity index is 2.48. The molecule has 0 saturated carbocycles. The zero-order chi connectivity index (χ0) is 14.0. The van der Waals surface area contributed by atoms with E-state index in [1.54, 1.807) is 31.2 Å². The monoisotopic (exact) mass is 259 g/mol. The van der Waals surface area contributed by atoms with Crippen LogP contribution in [0, 0.1) is 17.0 Å². The Morgan fingerprint density at radius 2 is 1.95 bits per heavy atom. The molecular weight excluding hydrogens is 246 g/mol. The molecule has 0 fully saturated rings. The number of nitro groups is 1. The molecule has 1 aromatic heterocycles. The van der Waals surface area contributed by atoms with E-state index in [-0.39, 0.29) is 23.5 Å². The molecule has 0 bridgehead atoms. The molecule has 1 aromatic carbocycles. The Bertz CT molecular complexity index is 692. The molecule has 0 spiro atoms. The van der Waals surface area contributed by atoms with Gasteiger partial charge in [-0.3, -0.25) is 14.9 Å². The maximum atomic E-state index is 11.8. The summed E-state index contributed by atoms with van der Waals surface area (Å²) < 4.78 is 1.52. The molecule has 0 aliphatic carbocycles. The van der Waals surface area contributed by atoms with E-state index in [9.17, 15) is 14.9 Å². The molecule has 0 amide bonds. The molecule has 2 rings (SSSR count). The number of hydrogen-bond donors (Lipinski definition) is 1. The number of aromatic nitrogens is 1. The van der Waals surface area contributed by atoms with Crippen molar-refractivity contribution in [1.82, 2.24) is 4.57 Å². The Morgan fingerprint density at radius 3 is 2.58 bits per heavy atom. The van der Waals surface area contributed by atoms with Gasteiger partial charge in [-0.2, -0.15) is 0 Å². The van der Waals surface area contributed by atoms with Gasteiger partial charge in [-0.15, -0.1) is 0 Å². The summed E-state index contributed by atoms with van der Waals surface area (Å²) >= 11 is 0. The van der Waals surface area contributed by atoms with Crippen molar-refractivity contribution >= 4 is 11.4 Å². The number of nitrogens with zero attached hydrogens (tertiary/aromatic N) is 2. The molecule has 98 valence electrons. The largest absolute Gasteiger partial charge is 0.393 e. The zero-order valence-electron chi connectivity index (χ0n) is 10.4. The molecular formula is C13H13N3O3. The summed E-state index contributed by atoms with van der Waals surface area (Å²) in [6, 6.07) is 9.51. The summed E-state index contributed by atoms with van der Waals surface area (Å²) in [6.45, 7) is 2.02. The molecule has 19 heavy (non-hydrogen) atoms. The topological polar surface area (TPSA) is 91.2 Å². The number of nitro benzene ring substituents is 1. The lowest BCUT2D eigenvalue weighted by molar-refractivity contribution is -0.383. The van der Waals surface area contributed by atoms with E-state index in [1.807, 2.05) is 0 Å². The number of anilines is 1. The van der Waals surface area contributed by atoms with Crippen LogP contribution < -0.4 is 11.3 Å². The quantitative estimate of drug-likeness (QED) is 0.516. The van der Waals surface area contributed by atoms with Crippen molar-refractivity contribution < 1.29 is 4.92 Å². The van der Waals surface area contributed by atoms with Crippen LogP contribution in [-0.4, -0.2) is 9.49 Å². The lowest BCUT2D eigenvalue weighted by Crippen LogP contribution is -2.22. The highest BCUT2D eigenvalue weighted by atomic mass is 16.6. The number of para-hydroxylation sites is 1. The first-order valence-electron chi connectivity index (χ1n) is 5.69. The summed E-state index contributed by atoms with van der Waals surface area (Å²) in [4.78, 5) is 22.1. The summed E-state index contributed by atoms with van der Waals surface area (Å²) in [5.41, 5.74) is 6.91. The number of pyridine rings is 1. The number of nitrogen functional groups attached to an aromatic ring is 1. The highest BCUT2D eigenvalue weighted by Crippen LogP contribution is 2.25. The van der Waals surface area contributed by atoms with E-state index in [0.29, 0.717) is 5.56 Å². The van der Waals surface area contributed by atoms with Crippen LogP contribution in [0.1, 0.15) is 11.3 Å². The van der Waals surface area contributed by atoms with Crippen LogP contribution in [0.4, 0.5) is 11.4 Å². The number of aryl methyl sites for hydroxylation is 1. The van der Waals surface area contributed by atoms with Gasteiger partial charge in [0, 0.05) is 23.4 Å². The van der Waals surface area contributed by atoms with Gasteiger partial charge in [-0.25, -0.2) is 0 Å². The van der Waals surface area contributed by atoms with Gasteiger partial charge >= 0.3 is 0 Å². The van der Waals surface area contributed by atoms with Crippen molar-refractivity contribution in [3.8, 4) is 0 Å². The molecule has 6 nitrogen and oxygen atoms in total. The standard InChI is InChI=1S/C13H13N3O3/c1-9-4-2-7-12(17)15(9)8-10-5-3-6-11(13(10)14)16(18)19/h2-7H,8,14H2,1H3. The second-order valence-electron chi connectivity index (χ2n) is 4.20. The molecule has 0 atom stereocenters. The minimum Gasteiger partial charge on any atom is -0.393 e. The molecule has 2 N–H and O–H groups in total. The highest BCUT2D eigenvalue weighted by Gasteiger charge is 2.14. The van der Waals surface area contributed by atoms with Gasteiger partial charge in [0.05, 0.1) is 11.5 Å². The molecule has 2 aromatic rings. The van der Waals surface area contributed by atoms with Gasteiger partial charge in [0.1, 0.15) is 5.69 Å². The normalized spacial score (nSPS) is 10.4. The van der Waals surface area contributed by atoms with Crippen molar-refractivity contribution in [1.29, 1.82) is 0 Å². The minimum absolute atomic E-state index is 0.0997. The van der Waals surface area contributed by atoms with Crippen molar-refractivity contribution in [3.05, 3.63) is 68.1 Å². The molecule has 0 radical (unpaired) electrons. The van der Waals surface area contributed by atoms with Crippen molar-refractivity contribution in [2.75, 3.05) is 5.73 Å². The van der Waals surface area contributed by atoms with Crippen LogP contribution in [0.5, 0.6) is 0 Å². The smallest absolute Gasteiger partial charge is 0.292 e. The van der Waals surface area contributed by atoms with Gasteiger partial charge in [0.15, 0.2) is 0 Å². The van der Waals surface area contributed by atoms with Crippen LogP contribution in [0.3, 0.4) is 0 Å². The molecule has 0 aliphatic rings. The maximum absolute atomic E-state index is 11.8. The van der Waals surface area contributed by atoms with Crippen LogP contribution in [-0.2, 0) is 6.54 Å². The van der Waals surface area contributed by atoms with Crippen LogP contribution in [0.15, 0.2) is 41.2 Å². The van der Waals surface area contributed by atoms with E-state index in [1.165, 1.54) is 16.7 Å². The van der Waals surface area contributed by atoms with E-state index in [2.05, 4.69) is 0 Å². The molecule has 0 unspecified atom stereocenters. The first-order valence-corrected chi connectivity index (χ1v) is 5.69. The second kappa shape index (κ2) is 4.93. The lowest BCUT2D eigenvalue weighted by Gasteiger charge is -2.11. The summed E-state index contributed by atoms with van der Waals surface area (Å²) in [7, 11) is 0. The minimum atomic E-state index is -0.528. The van der Waals surface area contributed by atoms with Gasteiger partial charge < -0.3 is 10.3 Å². The zero-order valence-corrected chi connectivity index (χ0v) is 10.4. The fourth-order valence-electron chi connectivity index (χ4n) is 1.89. The Hall–Kier alpha value is -2.63. The van der Waals surface area contributed by atoms with Gasteiger partial charge in [-0.1, -0.05) is 18.2 Å². The Labute approximate surface area is 109 Å². The number of benzene rings is 1. The van der Waals surface area contributed by atoms with Crippen molar-refractivity contribution in [2.24, 2.45) is 0 Å². The van der Waals surface area contributed by atoms with Crippen LogP contribution in [0.2, 0.25) is 0 Å². The average molecular weight is 259 g/mol. The van der Waals surface area contributed by atoms with E-state index in [0.717, 1.165) is 5.69 Å². The number of nitrogens with two attached hydrogens (primary N) is 1. The van der Waals surface area contributed by atoms with Crippen molar-refractivity contribution in [2.45, 2.75) is 13.5 Å². The second-order valence-corrected chi connectivity index (χ2v) is 4.20. The molecule has 0 aliphatic heterocycles. The molecule has 1 heterocycles. The number of hydrogen-bond acceptors (Lipinski definition) is 4. The number of rotatable bonds is 3. The predicted octanol–water partition coefficient (Wildman–Crippen LogP) is 1.70. The third-order valence-electron chi connectivity index (χ3n) is 2.97.